The van der Waals surface area contributed by atoms with Crippen LogP contribution >= 0.6 is 15.9 Å². The van der Waals surface area contributed by atoms with Gasteiger partial charge in [0, 0.05) is 13.5 Å². The van der Waals surface area contributed by atoms with Crippen LogP contribution in [-0.4, -0.2) is 51.0 Å². The molecule has 9 heteroatoms. The summed E-state index contributed by atoms with van der Waals surface area (Å²) in [4.78, 5) is 11.6. The van der Waals surface area contributed by atoms with Crippen molar-refractivity contribution in [2.75, 3.05) is 19.0 Å². The molecule has 2 aromatic rings. The third kappa shape index (κ3) is 2.16. The van der Waals surface area contributed by atoms with Crippen molar-refractivity contribution in [1.82, 2.24) is 15.0 Å². The lowest BCUT2D eigenvalue weighted by atomic mass is 10.2. The SMILES string of the molecule is CNc1nc2nc[n+](C3C[C@H](O)[C@@H](CO)O3)c(Br)c2[nH]1. The van der Waals surface area contributed by atoms with Crippen LogP contribution in [0.3, 0.4) is 0 Å². The first-order valence-electron chi connectivity index (χ1n) is 6.21. The van der Waals surface area contributed by atoms with Crippen molar-refractivity contribution in [1.29, 1.82) is 0 Å². The second-order valence-corrected chi connectivity index (χ2v) is 5.34. The molecule has 1 aliphatic heterocycles. The van der Waals surface area contributed by atoms with E-state index in [-0.39, 0.29) is 12.8 Å². The summed E-state index contributed by atoms with van der Waals surface area (Å²) in [6.45, 7) is -0.209. The Balaban J connectivity index is 1.98. The summed E-state index contributed by atoms with van der Waals surface area (Å²) < 4.78 is 8.11. The second kappa shape index (κ2) is 5.24. The fourth-order valence-corrected chi connectivity index (χ4v) is 2.86. The summed E-state index contributed by atoms with van der Waals surface area (Å²) in [7, 11) is 1.77. The monoisotopic (exact) mass is 344 g/mol. The highest BCUT2D eigenvalue weighted by Gasteiger charge is 2.38. The van der Waals surface area contributed by atoms with E-state index in [0.29, 0.717) is 18.0 Å². The highest BCUT2D eigenvalue weighted by Crippen LogP contribution is 2.27. The van der Waals surface area contributed by atoms with E-state index in [1.165, 1.54) is 0 Å². The summed E-state index contributed by atoms with van der Waals surface area (Å²) in [6.07, 6.45) is 0.368. The molecule has 0 saturated carbocycles. The fourth-order valence-electron chi connectivity index (χ4n) is 2.27. The Kier molecular flexibility index (Phi) is 3.59. The Morgan fingerprint density at radius 1 is 1.65 bits per heavy atom. The van der Waals surface area contributed by atoms with Gasteiger partial charge in [0.25, 0.3) is 12.0 Å². The second-order valence-electron chi connectivity index (χ2n) is 4.59. The molecule has 0 aromatic carbocycles. The number of aromatic amines is 1. The minimum absolute atomic E-state index is 0.209. The zero-order valence-corrected chi connectivity index (χ0v) is 12.3. The van der Waals surface area contributed by atoms with Crippen molar-refractivity contribution in [2.24, 2.45) is 0 Å². The fraction of sp³-hybridized carbons (Fsp3) is 0.545. The summed E-state index contributed by atoms with van der Waals surface area (Å²) >= 11 is 3.50. The molecule has 108 valence electrons. The lowest BCUT2D eigenvalue weighted by molar-refractivity contribution is -0.769. The summed E-state index contributed by atoms with van der Waals surface area (Å²) in [5.74, 6) is 0.617. The van der Waals surface area contributed by atoms with Gasteiger partial charge in [0.15, 0.2) is 5.52 Å². The van der Waals surface area contributed by atoms with Gasteiger partial charge in [-0.1, -0.05) is 0 Å². The van der Waals surface area contributed by atoms with Crippen molar-refractivity contribution in [2.45, 2.75) is 24.9 Å². The Hall–Kier alpha value is -1.29. The molecule has 0 aliphatic carbocycles. The number of imidazole rings is 1. The molecule has 1 fully saturated rings. The number of aromatic nitrogens is 4. The van der Waals surface area contributed by atoms with E-state index in [0.717, 1.165) is 10.1 Å². The number of halogens is 1. The van der Waals surface area contributed by atoms with Crippen molar-refractivity contribution < 1.29 is 19.5 Å². The van der Waals surface area contributed by atoms with Crippen LogP contribution in [0.25, 0.3) is 11.2 Å². The van der Waals surface area contributed by atoms with Gasteiger partial charge in [-0.3, -0.25) is 0 Å². The van der Waals surface area contributed by atoms with Crippen LogP contribution in [0.1, 0.15) is 12.6 Å². The third-order valence-corrected chi connectivity index (χ3v) is 4.16. The Morgan fingerprint density at radius 3 is 3.10 bits per heavy atom. The highest BCUT2D eigenvalue weighted by molar-refractivity contribution is 9.10. The molecule has 8 nitrogen and oxygen atoms in total. The van der Waals surface area contributed by atoms with Gasteiger partial charge in [0.05, 0.1) is 12.7 Å². The Bertz CT molecular complexity index is 634. The smallest absolute Gasteiger partial charge is 0.298 e. The highest BCUT2D eigenvalue weighted by atomic mass is 79.9. The van der Waals surface area contributed by atoms with Crippen LogP contribution in [-0.2, 0) is 4.74 Å². The normalized spacial score (nSPS) is 26.3. The average molecular weight is 345 g/mol. The molecule has 1 unspecified atom stereocenters. The molecule has 1 saturated heterocycles. The van der Waals surface area contributed by atoms with E-state index in [1.807, 2.05) is 0 Å². The van der Waals surface area contributed by atoms with Crippen LogP contribution in [0.4, 0.5) is 5.95 Å². The predicted octanol–water partition coefficient (Wildman–Crippen LogP) is -0.310. The van der Waals surface area contributed by atoms with Gasteiger partial charge in [-0.25, -0.2) is 0 Å². The van der Waals surface area contributed by atoms with Crippen LogP contribution < -0.4 is 9.88 Å². The zero-order valence-electron chi connectivity index (χ0n) is 10.7. The maximum absolute atomic E-state index is 9.80. The van der Waals surface area contributed by atoms with Gasteiger partial charge >= 0.3 is 0 Å². The molecule has 4 N–H and O–H groups in total. The first-order valence-corrected chi connectivity index (χ1v) is 7.00. The number of rotatable bonds is 3. The standard InChI is InChI=1S/C11H14BrN5O3/c1-13-11-15-8-9(12)17(4-14-10(8)16-11)7-2-5(19)6(3-18)20-7/h4-7,18-19H,2-3H2,1H3,(H,13,15)/p+1/t5-,6+,7?/m0/s1. The molecule has 2 aromatic heterocycles. The molecular formula is C11H15BrN5O3+. The molecule has 0 spiro atoms. The summed E-state index contributed by atoms with van der Waals surface area (Å²) in [5.41, 5.74) is 1.32. The minimum atomic E-state index is -0.685. The van der Waals surface area contributed by atoms with Crippen LogP contribution in [0.2, 0.25) is 0 Å². The van der Waals surface area contributed by atoms with Gasteiger partial charge in [-0.15, -0.1) is 0 Å². The van der Waals surface area contributed by atoms with E-state index >= 15 is 0 Å². The van der Waals surface area contributed by atoms with Crippen LogP contribution in [0, 0.1) is 0 Å². The maximum Gasteiger partial charge on any atom is 0.298 e. The van der Waals surface area contributed by atoms with Crippen molar-refractivity contribution >= 4 is 33.0 Å². The molecule has 0 bridgehead atoms. The lowest BCUT2D eigenvalue weighted by Gasteiger charge is -2.11. The van der Waals surface area contributed by atoms with E-state index in [2.05, 4.69) is 36.2 Å². The molecule has 3 rings (SSSR count). The van der Waals surface area contributed by atoms with Gasteiger partial charge in [-0.2, -0.15) is 9.55 Å². The van der Waals surface area contributed by atoms with E-state index in [1.54, 1.807) is 17.9 Å². The minimum Gasteiger partial charge on any atom is -0.394 e. The number of anilines is 1. The third-order valence-electron chi connectivity index (χ3n) is 3.35. The zero-order chi connectivity index (χ0) is 14.3. The summed E-state index contributed by atoms with van der Waals surface area (Å²) in [6, 6.07) is 0. The van der Waals surface area contributed by atoms with E-state index in [4.69, 9.17) is 9.84 Å². The van der Waals surface area contributed by atoms with Crippen molar-refractivity contribution in [3.63, 3.8) is 0 Å². The molecular weight excluding hydrogens is 330 g/mol. The first-order chi connectivity index (χ1) is 9.63. The van der Waals surface area contributed by atoms with Crippen molar-refractivity contribution in [3.05, 3.63) is 10.9 Å². The van der Waals surface area contributed by atoms with E-state index < -0.39 is 12.2 Å². The number of hydrogen-bond acceptors (Lipinski definition) is 6. The van der Waals surface area contributed by atoms with Gasteiger partial charge in [0.1, 0.15) is 6.10 Å². The summed E-state index contributed by atoms with van der Waals surface area (Å²) in [5, 5.41) is 21.8. The van der Waals surface area contributed by atoms with E-state index in [9.17, 15) is 5.11 Å². The number of aliphatic hydroxyl groups excluding tert-OH is 2. The number of nitrogens with one attached hydrogen (secondary N) is 2. The van der Waals surface area contributed by atoms with Crippen molar-refractivity contribution in [3.8, 4) is 0 Å². The van der Waals surface area contributed by atoms with Gasteiger partial charge in [0.2, 0.25) is 16.8 Å². The van der Waals surface area contributed by atoms with Crippen LogP contribution in [0.15, 0.2) is 10.9 Å². The number of ether oxygens (including phenoxy) is 1. The molecule has 1 aliphatic rings. The molecule has 0 amide bonds. The Morgan fingerprint density at radius 2 is 2.45 bits per heavy atom. The lowest BCUT2D eigenvalue weighted by Crippen LogP contribution is -2.41. The molecule has 0 radical (unpaired) electrons. The number of hydrogen-bond donors (Lipinski definition) is 4. The number of nitrogens with zero attached hydrogens (tertiary/aromatic N) is 3. The quantitative estimate of drug-likeness (QED) is 0.449. The van der Waals surface area contributed by atoms with Gasteiger partial charge < -0.3 is 25.3 Å². The number of aliphatic hydroxyl groups is 2. The topological polar surface area (TPSA) is 107 Å². The first kappa shape index (κ1) is 13.7. The maximum atomic E-state index is 9.80. The predicted molar refractivity (Wildman–Crippen MR) is 73.0 cm³/mol. The molecule has 3 heterocycles. The number of H-pyrrole nitrogens is 1. The molecule has 20 heavy (non-hydrogen) atoms. The average Bonchev–Trinajstić information content (AvgIpc) is 3.02. The molecule has 3 atom stereocenters. The van der Waals surface area contributed by atoms with Crippen LogP contribution in [0.5, 0.6) is 0 Å². The van der Waals surface area contributed by atoms with Gasteiger partial charge in [-0.05, 0) is 20.9 Å². The number of fused-ring (bicyclic) bond motifs is 1. The Labute approximate surface area is 122 Å². The largest absolute Gasteiger partial charge is 0.394 e.